The van der Waals surface area contributed by atoms with Crippen molar-refractivity contribution in [2.24, 2.45) is 17.3 Å². The number of benzene rings is 3. The van der Waals surface area contributed by atoms with Crippen LogP contribution in [0.2, 0.25) is 0 Å². The molecule has 1 N–H and O–H groups in total. The van der Waals surface area contributed by atoms with E-state index in [2.05, 4.69) is 130 Å². The Hall–Kier alpha value is -2.32. The van der Waals surface area contributed by atoms with Gasteiger partial charge in [0.05, 0.1) is 6.16 Å². The minimum Gasteiger partial charge on any atom is -0.385 e. The summed E-state index contributed by atoms with van der Waals surface area (Å²) >= 11 is 0. The first-order valence-corrected chi connectivity index (χ1v) is 14.8. The highest BCUT2D eigenvalue weighted by atomic mass is 79.9. The second-order valence-electron chi connectivity index (χ2n) is 10.7. The third kappa shape index (κ3) is 6.23. The lowest BCUT2D eigenvalue weighted by molar-refractivity contribution is -0.140. The first-order valence-electron chi connectivity index (χ1n) is 12.9. The predicted molar refractivity (Wildman–Crippen MR) is 165 cm³/mol. The molecule has 1 saturated carbocycles. The molecule has 4 rings (SSSR count). The molecule has 0 aliphatic heterocycles. The van der Waals surface area contributed by atoms with Crippen molar-refractivity contribution in [3.05, 3.63) is 115 Å². The van der Waals surface area contributed by atoms with E-state index in [1.807, 2.05) is 6.92 Å². The van der Waals surface area contributed by atoms with Gasteiger partial charge in [0.25, 0.3) is 0 Å². The minimum atomic E-state index is -1.92. The van der Waals surface area contributed by atoms with Crippen molar-refractivity contribution in [2.45, 2.75) is 40.2 Å². The number of ketones is 1. The fourth-order valence-electron chi connectivity index (χ4n) is 5.73. The Morgan fingerprint density at radius 3 is 1.76 bits per heavy atom. The van der Waals surface area contributed by atoms with Crippen LogP contribution in [0.5, 0.6) is 0 Å². The molecule has 37 heavy (non-hydrogen) atoms. The Bertz CT molecular complexity index is 1120. The number of carbonyl (C=O) groups excluding carboxylic acids is 1. The molecule has 0 aromatic heterocycles. The van der Waals surface area contributed by atoms with E-state index in [-0.39, 0.29) is 40.0 Å². The van der Waals surface area contributed by atoms with Gasteiger partial charge in [0.15, 0.2) is 5.78 Å². The number of carbonyl (C=O) groups is 1. The number of hydrogen-bond acceptors (Lipinski definition) is 2. The monoisotopic (exact) mass is 577 g/mol. The summed E-state index contributed by atoms with van der Waals surface area (Å²) in [7, 11) is -1.92. The van der Waals surface area contributed by atoms with Crippen molar-refractivity contribution in [1.82, 2.24) is 0 Å². The van der Waals surface area contributed by atoms with E-state index >= 15 is 0 Å². The van der Waals surface area contributed by atoms with Crippen molar-refractivity contribution < 1.29 is 9.90 Å². The maximum atomic E-state index is 12.5. The largest absolute Gasteiger partial charge is 0.385 e. The highest BCUT2D eigenvalue weighted by Crippen LogP contribution is 2.55. The van der Waals surface area contributed by atoms with Crippen LogP contribution in [0.15, 0.2) is 115 Å². The van der Waals surface area contributed by atoms with Gasteiger partial charge in [-0.3, -0.25) is 4.79 Å². The molecular weight excluding hydrogens is 539 g/mol. The summed E-state index contributed by atoms with van der Waals surface area (Å²) in [5, 5.41) is 14.3. The summed E-state index contributed by atoms with van der Waals surface area (Å²) in [5.41, 5.74) is 1.07. The molecule has 0 bridgehead atoms. The van der Waals surface area contributed by atoms with Gasteiger partial charge in [-0.1, -0.05) is 93.1 Å². The van der Waals surface area contributed by atoms with Crippen LogP contribution in [-0.4, -0.2) is 23.2 Å². The fourth-order valence-corrected chi connectivity index (χ4v) is 9.87. The quantitative estimate of drug-likeness (QED) is 0.251. The molecule has 1 aliphatic carbocycles. The zero-order valence-electron chi connectivity index (χ0n) is 22.2. The second kappa shape index (κ2) is 12.5. The summed E-state index contributed by atoms with van der Waals surface area (Å²) in [4.78, 5) is 12.5. The van der Waals surface area contributed by atoms with Crippen LogP contribution < -0.4 is 15.9 Å². The Labute approximate surface area is 233 Å². The highest BCUT2D eigenvalue weighted by Gasteiger charge is 2.45. The molecule has 1 aliphatic rings. The van der Waals surface area contributed by atoms with E-state index in [1.165, 1.54) is 21.5 Å². The molecule has 2 nitrogen and oxygen atoms in total. The summed E-state index contributed by atoms with van der Waals surface area (Å²) in [6.07, 6.45) is 7.34. The van der Waals surface area contributed by atoms with E-state index in [4.69, 9.17) is 0 Å². The van der Waals surface area contributed by atoms with E-state index in [1.54, 1.807) is 0 Å². The van der Waals surface area contributed by atoms with Crippen LogP contribution in [0.25, 0.3) is 0 Å². The Morgan fingerprint density at radius 2 is 1.32 bits per heavy atom. The second-order valence-corrected chi connectivity index (χ2v) is 14.3. The average molecular weight is 579 g/mol. The summed E-state index contributed by atoms with van der Waals surface area (Å²) in [6.45, 7) is 8.43. The fraction of sp³-hybridized carbons (Fsp3) is 0.303. The van der Waals surface area contributed by atoms with Gasteiger partial charge < -0.3 is 5.11 Å². The number of halogens is 1. The number of hydrogen-bond donors (Lipinski definition) is 1. The Morgan fingerprint density at radius 1 is 0.892 bits per heavy atom. The maximum absolute atomic E-state index is 12.5. The first-order chi connectivity index (χ1) is 17.3. The summed E-state index contributed by atoms with van der Waals surface area (Å²) < 4.78 is 0. The molecular formula is C33H39BrO2P+. The third-order valence-electron chi connectivity index (χ3n) is 7.78. The molecule has 3 aromatic carbocycles. The zero-order valence-corrected chi connectivity index (χ0v) is 24.9. The van der Waals surface area contributed by atoms with Gasteiger partial charge in [-0.15, -0.1) is 17.0 Å². The number of rotatable bonds is 7. The molecule has 3 aromatic rings. The number of allylic oxidation sites excluding steroid dienone is 4. The molecule has 0 heterocycles. The van der Waals surface area contributed by atoms with E-state index < -0.39 is 13.4 Å². The highest BCUT2D eigenvalue weighted by molar-refractivity contribution is 8.93. The molecule has 1 fully saturated rings. The maximum Gasteiger partial charge on any atom is 0.164 e. The van der Waals surface area contributed by atoms with Gasteiger partial charge in [-0.25, -0.2) is 0 Å². The standard InChI is InChI=1S/C33H38O2P.BrH/c1-25(20-21-30-26(2)32(35)31(34)24-33(30,3)4)22-23-36(27-14-8-5-9-15-27,28-16-10-6-11-17-28)29-18-12-7-13-19-29;/h5-22,26,30-31,34H,23-24H2,1-4H3;1H/q+1;. The molecule has 0 radical (unpaired) electrons. The Balaban J connectivity index is 0.00000380. The van der Waals surface area contributed by atoms with Crippen molar-refractivity contribution in [2.75, 3.05) is 6.16 Å². The number of Topliss-reactive ketones (excluding diaryl/α,β-unsaturated/α-hetero) is 1. The smallest absolute Gasteiger partial charge is 0.164 e. The lowest BCUT2D eigenvalue weighted by Gasteiger charge is -2.42. The summed E-state index contributed by atoms with van der Waals surface area (Å²) in [6, 6.07) is 32.8. The van der Waals surface area contributed by atoms with Crippen LogP contribution in [0, 0.1) is 17.3 Å². The third-order valence-corrected chi connectivity index (χ3v) is 12.1. The molecule has 0 spiro atoms. The minimum absolute atomic E-state index is 0. The number of aliphatic hydroxyl groups excluding tert-OH is 1. The molecule has 4 heteroatoms. The van der Waals surface area contributed by atoms with Crippen molar-refractivity contribution in [3.63, 3.8) is 0 Å². The van der Waals surface area contributed by atoms with Crippen molar-refractivity contribution in [3.8, 4) is 0 Å². The van der Waals surface area contributed by atoms with Gasteiger partial charge in [0.2, 0.25) is 0 Å². The topological polar surface area (TPSA) is 37.3 Å². The predicted octanol–water partition coefficient (Wildman–Crippen LogP) is 6.67. The van der Waals surface area contributed by atoms with Crippen molar-refractivity contribution >= 4 is 45.9 Å². The molecule has 0 saturated heterocycles. The van der Waals surface area contributed by atoms with E-state index in [0.717, 1.165) is 6.16 Å². The van der Waals surface area contributed by atoms with Gasteiger partial charge in [-0.05, 0) is 67.2 Å². The molecule has 3 atom stereocenters. The van der Waals surface area contributed by atoms with Crippen molar-refractivity contribution in [1.29, 1.82) is 0 Å². The van der Waals surface area contributed by atoms with Gasteiger partial charge in [-0.2, -0.15) is 0 Å². The van der Waals surface area contributed by atoms with Gasteiger partial charge in [0, 0.05) is 5.92 Å². The van der Waals surface area contributed by atoms with Crippen LogP contribution in [0.4, 0.5) is 0 Å². The normalized spacial score (nSPS) is 22.0. The number of aliphatic hydroxyl groups is 1. The molecule has 0 amide bonds. The lowest BCUT2D eigenvalue weighted by atomic mass is 9.62. The lowest BCUT2D eigenvalue weighted by Crippen LogP contribution is -2.45. The van der Waals surface area contributed by atoms with Crippen LogP contribution in [-0.2, 0) is 4.79 Å². The molecule has 3 unspecified atom stereocenters. The van der Waals surface area contributed by atoms with Gasteiger partial charge in [0.1, 0.15) is 29.3 Å². The first kappa shape index (κ1) is 29.2. The van der Waals surface area contributed by atoms with E-state index in [0.29, 0.717) is 6.42 Å². The summed E-state index contributed by atoms with van der Waals surface area (Å²) in [5.74, 6) is -0.112. The molecule has 194 valence electrons. The van der Waals surface area contributed by atoms with Crippen LogP contribution in [0.3, 0.4) is 0 Å². The zero-order chi connectivity index (χ0) is 25.8. The van der Waals surface area contributed by atoms with Crippen LogP contribution >= 0.6 is 24.2 Å². The average Bonchev–Trinajstić information content (AvgIpc) is 2.89. The Kier molecular flexibility index (Phi) is 9.86. The van der Waals surface area contributed by atoms with Gasteiger partial charge >= 0.3 is 0 Å². The van der Waals surface area contributed by atoms with Crippen LogP contribution in [0.1, 0.15) is 34.1 Å². The van der Waals surface area contributed by atoms with E-state index in [9.17, 15) is 9.90 Å². The SMILES string of the molecule is Br.CC(C=CC1C(C)C(=O)C(O)CC1(C)C)=CC[P+](c1ccccc1)(c1ccccc1)c1ccccc1.